The molecule has 0 bridgehead atoms. The van der Waals surface area contributed by atoms with Crippen LogP contribution in [0.15, 0.2) is 59.5 Å². The van der Waals surface area contributed by atoms with Gasteiger partial charge in [0.1, 0.15) is 12.3 Å². The minimum atomic E-state index is -4.08. The number of carbonyl (C=O) groups excluding carboxylic acids is 1. The molecule has 0 saturated heterocycles. The highest BCUT2D eigenvalue weighted by Crippen LogP contribution is 2.33. The summed E-state index contributed by atoms with van der Waals surface area (Å²) in [6.07, 6.45) is 0. The summed E-state index contributed by atoms with van der Waals surface area (Å²) in [7, 11) is -2.44. The van der Waals surface area contributed by atoms with Crippen LogP contribution < -0.4 is 14.4 Å². The first-order valence-electron chi connectivity index (χ1n) is 11.9. The smallest absolute Gasteiger partial charge is 0.264 e. The number of aryl methyl sites for hydroxylation is 2. The number of benzene rings is 3. The van der Waals surface area contributed by atoms with Gasteiger partial charge >= 0.3 is 0 Å². The van der Waals surface area contributed by atoms with Crippen molar-refractivity contribution < 1.29 is 17.9 Å². The van der Waals surface area contributed by atoms with Crippen molar-refractivity contribution in [2.24, 2.45) is 0 Å². The van der Waals surface area contributed by atoms with Crippen molar-refractivity contribution in [3.63, 3.8) is 0 Å². The molecule has 0 saturated carbocycles. The fraction of sp³-hybridized carbons (Fsp3) is 0.321. The summed E-state index contributed by atoms with van der Waals surface area (Å²) in [5.41, 5.74) is 4.08. The van der Waals surface area contributed by atoms with Crippen LogP contribution in [-0.4, -0.2) is 28.0 Å². The van der Waals surface area contributed by atoms with Gasteiger partial charge in [-0.25, -0.2) is 8.42 Å². The number of amides is 1. The van der Waals surface area contributed by atoms with Crippen molar-refractivity contribution in [3.8, 4) is 5.75 Å². The minimum absolute atomic E-state index is 0.0672. The lowest BCUT2D eigenvalue weighted by Gasteiger charge is -2.26. The molecule has 3 rings (SSSR count). The Morgan fingerprint density at radius 1 is 0.946 bits per heavy atom. The Kier molecular flexibility index (Phi) is 9.16. The molecule has 0 aliphatic heterocycles. The molecule has 1 atom stereocenters. The van der Waals surface area contributed by atoms with E-state index >= 15 is 0 Å². The largest absolute Gasteiger partial charge is 0.496 e. The number of carbonyl (C=O) groups is 1. The van der Waals surface area contributed by atoms with Gasteiger partial charge in [-0.05, 0) is 85.8 Å². The summed E-state index contributed by atoms with van der Waals surface area (Å²) in [4.78, 5) is 13.3. The molecule has 37 heavy (non-hydrogen) atoms. The van der Waals surface area contributed by atoms with Crippen molar-refractivity contribution in [1.82, 2.24) is 5.32 Å². The Labute approximate surface area is 229 Å². The molecule has 9 heteroatoms. The summed E-state index contributed by atoms with van der Waals surface area (Å²) in [6.45, 7) is 9.40. The molecule has 3 aromatic carbocycles. The van der Waals surface area contributed by atoms with Gasteiger partial charge in [0.25, 0.3) is 10.0 Å². The molecule has 1 unspecified atom stereocenters. The zero-order valence-corrected chi connectivity index (χ0v) is 24.1. The van der Waals surface area contributed by atoms with E-state index < -0.39 is 22.5 Å². The number of ether oxygens (including phenoxy) is 1. The average Bonchev–Trinajstić information content (AvgIpc) is 2.84. The second kappa shape index (κ2) is 11.8. The first kappa shape index (κ1) is 28.8. The molecule has 0 aromatic heterocycles. The number of hydrogen-bond donors (Lipinski definition) is 1. The Morgan fingerprint density at radius 3 is 2.16 bits per heavy atom. The van der Waals surface area contributed by atoms with E-state index in [0.29, 0.717) is 0 Å². The monoisotopic (exact) mass is 562 g/mol. The highest BCUT2D eigenvalue weighted by Gasteiger charge is 2.28. The van der Waals surface area contributed by atoms with Gasteiger partial charge in [0, 0.05) is 0 Å². The third-order valence-electron chi connectivity index (χ3n) is 6.17. The van der Waals surface area contributed by atoms with Crippen LogP contribution in [0.3, 0.4) is 0 Å². The first-order valence-corrected chi connectivity index (χ1v) is 14.1. The van der Waals surface area contributed by atoms with Crippen molar-refractivity contribution in [2.45, 2.75) is 51.5 Å². The molecule has 0 spiro atoms. The molecule has 198 valence electrons. The van der Waals surface area contributed by atoms with Crippen LogP contribution >= 0.6 is 23.2 Å². The third-order valence-corrected chi connectivity index (χ3v) is 8.70. The molecule has 0 aliphatic carbocycles. The summed E-state index contributed by atoms with van der Waals surface area (Å²) in [6, 6.07) is 14.5. The summed E-state index contributed by atoms with van der Waals surface area (Å²) >= 11 is 12.3. The van der Waals surface area contributed by atoms with E-state index in [4.69, 9.17) is 27.9 Å². The molecule has 1 amide bonds. The molecule has 3 aromatic rings. The maximum atomic E-state index is 13.6. The van der Waals surface area contributed by atoms with Gasteiger partial charge in [0.05, 0.1) is 33.8 Å². The zero-order valence-electron chi connectivity index (χ0n) is 21.8. The van der Waals surface area contributed by atoms with E-state index in [-0.39, 0.29) is 32.6 Å². The van der Waals surface area contributed by atoms with E-state index in [1.165, 1.54) is 30.3 Å². The fourth-order valence-electron chi connectivity index (χ4n) is 4.10. The number of methoxy groups -OCH3 is 1. The second-order valence-electron chi connectivity index (χ2n) is 9.32. The number of sulfonamides is 1. The molecule has 0 aliphatic rings. The Bertz CT molecular complexity index is 1390. The maximum absolute atomic E-state index is 13.6. The lowest BCUT2D eigenvalue weighted by Crippen LogP contribution is -2.41. The Morgan fingerprint density at radius 2 is 1.59 bits per heavy atom. The predicted molar refractivity (Wildman–Crippen MR) is 151 cm³/mol. The molecule has 6 nitrogen and oxygen atoms in total. The highest BCUT2D eigenvalue weighted by atomic mass is 35.5. The lowest BCUT2D eigenvalue weighted by atomic mass is 9.93. The van der Waals surface area contributed by atoms with E-state index in [0.717, 1.165) is 32.3 Å². The number of halogens is 2. The van der Waals surface area contributed by atoms with Crippen molar-refractivity contribution in [1.29, 1.82) is 0 Å². The lowest BCUT2D eigenvalue weighted by molar-refractivity contribution is -0.120. The molecular weight excluding hydrogens is 531 g/mol. The van der Waals surface area contributed by atoms with Crippen LogP contribution in [0.25, 0.3) is 0 Å². The quantitative estimate of drug-likeness (QED) is 0.310. The van der Waals surface area contributed by atoms with E-state index in [9.17, 15) is 13.2 Å². The second-order valence-corrected chi connectivity index (χ2v) is 12.0. The van der Waals surface area contributed by atoms with Gasteiger partial charge < -0.3 is 10.1 Å². The van der Waals surface area contributed by atoms with Crippen LogP contribution in [-0.2, 0) is 14.8 Å². The normalized spacial score (nSPS) is 12.4. The predicted octanol–water partition coefficient (Wildman–Crippen LogP) is 6.81. The van der Waals surface area contributed by atoms with Crippen LogP contribution in [0.4, 0.5) is 5.69 Å². The van der Waals surface area contributed by atoms with Gasteiger partial charge in [-0.3, -0.25) is 9.10 Å². The van der Waals surface area contributed by atoms with Crippen molar-refractivity contribution >= 4 is 44.8 Å². The van der Waals surface area contributed by atoms with Crippen molar-refractivity contribution in [3.05, 3.63) is 86.9 Å². The fourth-order valence-corrected chi connectivity index (χ4v) is 5.80. The standard InChI is InChI=1S/C28H32Cl2N2O4S/c1-17(2)23-15-24(19(4)13-27(23)36-6)20(5)31-28(33)16-32(21-9-12-25(29)26(30)14-21)37(34,35)22-10-7-18(3)8-11-22/h7-15,17,20H,16H2,1-6H3,(H,31,33). The van der Waals surface area contributed by atoms with Crippen LogP contribution in [0, 0.1) is 13.8 Å². The minimum Gasteiger partial charge on any atom is -0.496 e. The molecular formula is C28H32Cl2N2O4S. The van der Waals surface area contributed by atoms with Crippen LogP contribution in [0.2, 0.25) is 10.0 Å². The van der Waals surface area contributed by atoms with Gasteiger partial charge in [-0.15, -0.1) is 0 Å². The first-order chi connectivity index (χ1) is 17.3. The SMILES string of the molecule is COc1cc(C)c(C(C)NC(=O)CN(c2ccc(Cl)c(Cl)c2)S(=O)(=O)c2ccc(C)cc2)cc1C(C)C. The van der Waals surface area contributed by atoms with Gasteiger partial charge in [0.15, 0.2) is 0 Å². The van der Waals surface area contributed by atoms with Crippen molar-refractivity contribution in [2.75, 3.05) is 18.0 Å². The number of anilines is 1. The van der Waals surface area contributed by atoms with Gasteiger partial charge in [-0.2, -0.15) is 0 Å². The summed E-state index contributed by atoms with van der Waals surface area (Å²) in [5.74, 6) is 0.558. The summed E-state index contributed by atoms with van der Waals surface area (Å²) < 4.78 is 33.8. The Hall–Kier alpha value is -2.74. The molecule has 1 N–H and O–H groups in total. The molecule has 0 fully saturated rings. The molecule has 0 heterocycles. The van der Waals surface area contributed by atoms with E-state index in [1.807, 2.05) is 32.9 Å². The topological polar surface area (TPSA) is 75.7 Å². The molecule has 0 radical (unpaired) electrons. The number of nitrogens with zero attached hydrogens (tertiary/aromatic N) is 1. The van der Waals surface area contributed by atoms with Gasteiger partial charge in [-0.1, -0.05) is 54.7 Å². The van der Waals surface area contributed by atoms with Crippen LogP contribution in [0.1, 0.15) is 55.0 Å². The summed E-state index contributed by atoms with van der Waals surface area (Å²) in [5, 5.41) is 3.43. The third kappa shape index (κ3) is 6.58. The van der Waals surface area contributed by atoms with E-state index in [2.05, 4.69) is 19.2 Å². The number of nitrogens with one attached hydrogen (secondary N) is 1. The Balaban J connectivity index is 1.94. The van der Waals surface area contributed by atoms with Gasteiger partial charge in [0.2, 0.25) is 5.91 Å². The zero-order chi connectivity index (χ0) is 27.5. The average molecular weight is 564 g/mol. The highest BCUT2D eigenvalue weighted by molar-refractivity contribution is 7.92. The van der Waals surface area contributed by atoms with E-state index in [1.54, 1.807) is 19.2 Å². The maximum Gasteiger partial charge on any atom is 0.264 e. The van der Waals surface area contributed by atoms with Crippen LogP contribution in [0.5, 0.6) is 5.75 Å². The number of hydrogen-bond acceptors (Lipinski definition) is 4. The number of rotatable bonds is 9.